The van der Waals surface area contributed by atoms with Gasteiger partial charge >= 0.3 is 0 Å². The highest BCUT2D eigenvalue weighted by molar-refractivity contribution is 6.35. The molecule has 0 saturated heterocycles. The Morgan fingerprint density at radius 3 is 2.81 bits per heavy atom. The zero-order valence-corrected chi connectivity index (χ0v) is 12.8. The smallest absolute Gasteiger partial charge is 0.239 e. The zero-order valence-electron chi connectivity index (χ0n) is 11.3. The minimum absolute atomic E-state index is 0.449. The van der Waals surface area contributed by atoms with Gasteiger partial charge in [0, 0.05) is 5.02 Å². The second-order valence-corrected chi connectivity index (χ2v) is 5.94. The van der Waals surface area contributed by atoms with E-state index in [0.717, 1.165) is 0 Å². The van der Waals surface area contributed by atoms with Crippen LogP contribution >= 0.6 is 23.2 Å². The number of benzene rings is 1. The van der Waals surface area contributed by atoms with Crippen LogP contribution < -0.4 is 15.8 Å². The molecule has 0 bridgehead atoms. The van der Waals surface area contributed by atoms with Crippen molar-refractivity contribution in [2.75, 3.05) is 17.7 Å². The third-order valence-electron chi connectivity index (χ3n) is 3.23. The Hall–Kier alpha value is -1.65. The van der Waals surface area contributed by atoms with Gasteiger partial charge in [-0.25, -0.2) is 0 Å². The highest BCUT2D eigenvalue weighted by atomic mass is 35.5. The predicted octanol–water partition coefficient (Wildman–Crippen LogP) is 4.50. The van der Waals surface area contributed by atoms with E-state index in [-0.39, 0.29) is 0 Å². The first kappa shape index (κ1) is 14.3. The Balaban J connectivity index is 1.78. The fraction of sp³-hybridized carbons (Fsp3) is 0.267. The number of anilines is 3. The van der Waals surface area contributed by atoms with Crippen molar-refractivity contribution in [1.82, 2.24) is 4.98 Å². The standard InChI is InChI=1S/C15H15Cl2N3O/c16-10-3-4-11(17)13(7-10)19-14-6-5-12(18)15(20-14)21-8-9-1-2-9/h3-7,9H,1-2,8,18H2,(H,19,20). The molecule has 0 spiro atoms. The molecule has 3 rings (SSSR count). The van der Waals surface area contributed by atoms with E-state index in [2.05, 4.69) is 10.3 Å². The van der Waals surface area contributed by atoms with Crippen molar-refractivity contribution >= 4 is 40.4 Å². The molecule has 0 unspecified atom stereocenters. The van der Waals surface area contributed by atoms with Crippen LogP contribution in [0.1, 0.15) is 12.8 Å². The summed E-state index contributed by atoms with van der Waals surface area (Å²) in [7, 11) is 0. The quantitative estimate of drug-likeness (QED) is 0.850. The number of rotatable bonds is 5. The minimum Gasteiger partial charge on any atom is -0.476 e. The monoisotopic (exact) mass is 323 g/mol. The summed E-state index contributed by atoms with van der Waals surface area (Å²) in [5.74, 6) is 1.70. The molecule has 3 N–H and O–H groups in total. The van der Waals surface area contributed by atoms with Crippen molar-refractivity contribution in [3.63, 3.8) is 0 Å². The summed E-state index contributed by atoms with van der Waals surface area (Å²) >= 11 is 12.1. The second kappa shape index (κ2) is 6.00. The summed E-state index contributed by atoms with van der Waals surface area (Å²) in [6, 6.07) is 8.74. The van der Waals surface area contributed by atoms with E-state index in [1.807, 2.05) is 0 Å². The summed E-state index contributed by atoms with van der Waals surface area (Å²) in [6.07, 6.45) is 2.44. The van der Waals surface area contributed by atoms with E-state index in [9.17, 15) is 0 Å². The summed E-state index contributed by atoms with van der Waals surface area (Å²) in [6.45, 7) is 0.665. The van der Waals surface area contributed by atoms with Crippen molar-refractivity contribution in [1.29, 1.82) is 0 Å². The van der Waals surface area contributed by atoms with Crippen LogP contribution in [-0.2, 0) is 0 Å². The Kier molecular flexibility index (Phi) is 4.08. The number of nitrogen functional groups attached to an aromatic ring is 1. The third-order valence-corrected chi connectivity index (χ3v) is 3.80. The maximum atomic E-state index is 6.12. The molecule has 0 amide bonds. The van der Waals surface area contributed by atoms with Crippen molar-refractivity contribution in [3.05, 3.63) is 40.4 Å². The predicted molar refractivity (Wildman–Crippen MR) is 86.6 cm³/mol. The lowest BCUT2D eigenvalue weighted by Crippen LogP contribution is -2.05. The topological polar surface area (TPSA) is 60.2 Å². The van der Waals surface area contributed by atoms with Gasteiger partial charge in [-0.3, -0.25) is 0 Å². The van der Waals surface area contributed by atoms with Gasteiger partial charge in [-0.15, -0.1) is 0 Å². The van der Waals surface area contributed by atoms with Gasteiger partial charge in [-0.2, -0.15) is 4.98 Å². The SMILES string of the molecule is Nc1ccc(Nc2cc(Cl)ccc2Cl)nc1OCC1CC1. The molecule has 0 atom stereocenters. The fourth-order valence-electron chi connectivity index (χ4n) is 1.85. The molecule has 1 aliphatic carbocycles. The molecule has 1 heterocycles. The Morgan fingerprint density at radius 1 is 1.24 bits per heavy atom. The molecule has 1 aromatic carbocycles. The number of aromatic nitrogens is 1. The van der Waals surface area contributed by atoms with Gasteiger partial charge in [-0.05, 0) is 49.1 Å². The van der Waals surface area contributed by atoms with Gasteiger partial charge in [0.2, 0.25) is 5.88 Å². The second-order valence-electron chi connectivity index (χ2n) is 5.09. The summed E-state index contributed by atoms with van der Waals surface area (Å²) < 4.78 is 5.66. The molecule has 110 valence electrons. The fourth-order valence-corrected chi connectivity index (χ4v) is 2.19. The van der Waals surface area contributed by atoms with E-state index in [1.165, 1.54) is 12.8 Å². The Morgan fingerprint density at radius 2 is 2.05 bits per heavy atom. The van der Waals surface area contributed by atoms with Crippen molar-refractivity contribution in [2.45, 2.75) is 12.8 Å². The summed E-state index contributed by atoms with van der Waals surface area (Å²) in [5.41, 5.74) is 7.10. The molecule has 1 aromatic heterocycles. The van der Waals surface area contributed by atoms with Crippen LogP contribution in [0.2, 0.25) is 10.0 Å². The van der Waals surface area contributed by atoms with Crippen LogP contribution in [0.3, 0.4) is 0 Å². The lowest BCUT2D eigenvalue weighted by Gasteiger charge is -2.11. The van der Waals surface area contributed by atoms with E-state index in [1.54, 1.807) is 30.3 Å². The van der Waals surface area contributed by atoms with Gasteiger partial charge in [0.1, 0.15) is 5.82 Å². The van der Waals surface area contributed by atoms with Crippen LogP contribution in [0.15, 0.2) is 30.3 Å². The van der Waals surface area contributed by atoms with Gasteiger partial charge in [0.05, 0.1) is 23.0 Å². The minimum atomic E-state index is 0.449. The first-order valence-electron chi connectivity index (χ1n) is 6.73. The van der Waals surface area contributed by atoms with Gasteiger partial charge in [0.15, 0.2) is 0 Å². The number of halogens is 2. The lowest BCUT2D eigenvalue weighted by atomic mass is 10.3. The van der Waals surface area contributed by atoms with Crippen LogP contribution in [0.4, 0.5) is 17.2 Å². The average Bonchev–Trinajstić information content (AvgIpc) is 3.27. The van der Waals surface area contributed by atoms with Gasteiger partial charge in [-0.1, -0.05) is 23.2 Å². The average molecular weight is 324 g/mol. The number of nitrogens with two attached hydrogens (primary N) is 1. The molecule has 0 aliphatic heterocycles. The number of ether oxygens (including phenoxy) is 1. The third kappa shape index (κ3) is 3.71. The zero-order chi connectivity index (χ0) is 14.8. The van der Waals surface area contributed by atoms with Crippen LogP contribution in [-0.4, -0.2) is 11.6 Å². The molecule has 2 aromatic rings. The highest BCUT2D eigenvalue weighted by Gasteiger charge is 2.22. The number of pyridine rings is 1. The maximum absolute atomic E-state index is 6.12. The number of hydrogen-bond acceptors (Lipinski definition) is 4. The number of hydrogen-bond donors (Lipinski definition) is 2. The maximum Gasteiger partial charge on any atom is 0.239 e. The van der Waals surface area contributed by atoms with Crippen molar-refractivity contribution in [2.24, 2.45) is 5.92 Å². The number of nitrogens with one attached hydrogen (secondary N) is 1. The molecule has 0 radical (unpaired) electrons. The largest absolute Gasteiger partial charge is 0.476 e. The van der Waals surface area contributed by atoms with Gasteiger partial charge in [0.25, 0.3) is 0 Å². The summed E-state index contributed by atoms with van der Waals surface area (Å²) in [4.78, 5) is 4.38. The first-order valence-corrected chi connectivity index (χ1v) is 7.49. The van der Waals surface area contributed by atoms with E-state index in [0.29, 0.717) is 45.6 Å². The highest BCUT2D eigenvalue weighted by Crippen LogP contribution is 2.32. The van der Waals surface area contributed by atoms with Crippen molar-refractivity contribution < 1.29 is 4.74 Å². The Labute approximate surface area is 133 Å². The molecular formula is C15H15Cl2N3O. The normalized spacial score (nSPS) is 14.0. The van der Waals surface area contributed by atoms with E-state index in [4.69, 9.17) is 33.7 Å². The molecule has 21 heavy (non-hydrogen) atoms. The van der Waals surface area contributed by atoms with Gasteiger partial charge < -0.3 is 15.8 Å². The molecule has 1 fully saturated rings. The molecule has 1 aliphatic rings. The van der Waals surface area contributed by atoms with Crippen molar-refractivity contribution in [3.8, 4) is 5.88 Å². The first-order chi connectivity index (χ1) is 10.1. The summed E-state index contributed by atoms with van der Waals surface area (Å²) in [5, 5.41) is 4.29. The molecule has 4 nitrogen and oxygen atoms in total. The van der Waals surface area contributed by atoms with Crippen LogP contribution in [0.25, 0.3) is 0 Å². The molecule has 1 saturated carbocycles. The van der Waals surface area contributed by atoms with E-state index < -0.39 is 0 Å². The Bertz CT molecular complexity index is 659. The number of nitrogens with zero attached hydrogens (tertiary/aromatic N) is 1. The van der Waals surface area contributed by atoms with Crippen LogP contribution in [0, 0.1) is 5.92 Å². The molecular weight excluding hydrogens is 309 g/mol. The van der Waals surface area contributed by atoms with E-state index >= 15 is 0 Å². The molecule has 6 heteroatoms. The lowest BCUT2D eigenvalue weighted by molar-refractivity contribution is 0.290. The van der Waals surface area contributed by atoms with Crippen LogP contribution in [0.5, 0.6) is 5.88 Å².